The summed E-state index contributed by atoms with van der Waals surface area (Å²) in [7, 11) is 1.66. The molecule has 28 heavy (non-hydrogen) atoms. The largest absolute Gasteiger partial charge is 0.504 e. The van der Waals surface area contributed by atoms with Gasteiger partial charge in [0.15, 0.2) is 11.5 Å². The maximum Gasteiger partial charge on any atom is 0.247 e. The van der Waals surface area contributed by atoms with E-state index in [1.807, 2.05) is 30.0 Å². The Hall–Kier alpha value is -3.41. The van der Waals surface area contributed by atoms with E-state index < -0.39 is 0 Å². The van der Waals surface area contributed by atoms with Crippen molar-refractivity contribution in [2.75, 3.05) is 13.7 Å². The smallest absolute Gasteiger partial charge is 0.247 e. The third kappa shape index (κ3) is 3.07. The number of methoxy groups -OCH3 is 1. The van der Waals surface area contributed by atoms with Crippen molar-refractivity contribution in [1.29, 1.82) is 0 Å². The molecule has 1 aromatic heterocycles. The highest BCUT2D eigenvalue weighted by Gasteiger charge is 2.29. The zero-order valence-electron chi connectivity index (χ0n) is 15.8. The average molecular weight is 378 g/mol. The van der Waals surface area contributed by atoms with E-state index in [0.29, 0.717) is 12.1 Å². The molecule has 6 nitrogen and oxygen atoms in total. The van der Waals surface area contributed by atoms with E-state index in [1.165, 1.54) is 23.8 Å². The summed E-state index contributed by atoms with van der Waals surface area (Å²) in [5.41, 5.74) is 3.98. The number of H-pyrrole nitrogens is 1. The van der Waals surface area contributed by atoms with Crippen molar-refractivity contribution in [3.63, 3.8) is 0 Å². The highest BCUT2D eigenvalue weighted by atomic mass is 16.5. The molecule has 0 saturated heterocycles. The summed E-state index contributed by atoms with van der Waals surface area (Å²) >= 11 is 0. The minimum Gasteiger partial charge on any atom is -0.504 e. The monoisotopic (exact) mass is 378 g/mol. The maximum absolute atomic E-state index is 12.8. The van der Waals surface area contributed by atoms with Crippen LogP contribution >= 0.6 is 0 Å². The number of carbonyl (C=O) groups excluding carboxylic acids is 1. The van der Waals surface area contributed by atoms with Crippen molar-refractivity contribution in [3.05, 3.63) is 59.3 Å². The number of benzene rings is 2. The van der Waals surface area contributed by atoms with Crippen LogP contribution in [0.3, 0.4) is 0 Å². The Morgan fingerprint density at radius 1 is 1.21 bits per heavy atom. The van der Waals surface area contributed by atoms with Crippen LogP contribution in [-0.2, 0) is 11.2 Å². The molecule has 3 aromatic rings. The number of aromatic nitrogens is 1. The van der Waals surface area contributed by atoms with Gasteiger partial charge in [-0.25, -0.2) is 0 Å². The number of fused-ring (bicyclic) bond motifs is 3. The van der Waals surface area contributed by atoms with Crippen LogP contribution in [0.1, 0.15) is 29.8 Å². The highest BCUT2D eigenvalue weighted by molar-refractivity contribution is 5.93. The van der Waals surface area contributed by atoms with Gasteiger partial charge in [-0.2, -0.15) is 0 Å². The molecule has 0 spiro atoms. The molecule has 144 valence electrons. The second kappa shape index (κ2) is 6.96. The molecule has 1 aliphatic rings. The van der Waals surface area contributed by atoms with Gasteiger partial charge in [-0.15, -0.1) is 0 Å². The first kappa shape index (κ1) is 18.0. The normalized spacial score (nSPS) is 16.5. The molecular formula is C22H22N2O4. The van der Waals surface area contributed by atoms with Gasteiger partial charge < -0.3 is 24.8 Å². The number of ether oxygens (including phenoxy) is 1. The van der Waals surface area contributed by atoms with Gasteiger partial charge in [-0.3, -0.25) is 4.79 Å². The Morgan fingerprint density at radius 3 is 2.79 bits per heavy atom. The Labute approximate surface area is 162 Å². The number of hydrogen-bond donors (Lipinski definition) is 3. The second-order valence-corrected chi connectivity index (χ2v) is 6.97. The van der Waals surface area contributed by atoms with Gasteiger partial charge in [0.2, 0.25) is 5.91 Å². The molecular weight excluding hydrogens is 356 g/mol. The van der Waals surface area contributed by atoms with E-state index >= 15 is 0 Å². The van der Waals surface area contributed by atoms with Crippen LogP contribution in [-0.4, -0.2) is 39.7 Å². The summed E-state index contributed by atoms with van der Waals surface area (Å²) in [5.74, 6) is 0.331. The Balaban J connectivity index is 1.58. The van der Waals surface area contributed by atoms with Crippen LogP contribution < -0.4 is 4.74 Å². The predicted octanol–water partition coefficient (Wildman–Crippen LogP) is 3.75. The number of rotatable bonds is 3. The maximum atomic E-state index is 12.8. The molecule has 3 N–H and O–H groups in total. The van der Waals surface area contributed by atoms with E-state index in [-0.39, 0.29) is 23.4 Å². The van der Waals surface area contributed by atoms with Crippen LogP contribution in [0.25, 0.3) is 17.0 Å². The molecule has 2 aromatic carbocycles. The first-order valence-electron chi connectivity index (χ1n) is 9.17. The fraction of sp³-hybridized carbons (Fsp3) is 0.227. The van der Waals surface area contributed by atoms with Crippen LogP contribution in [0.15, 0.2) is 42.5 Å². The lowest BCUT2D eigenvalue weighted by Gasteiger charge is -2.32. The van der Waals surface area contributed by atoms with E-state index in [4.69, 9.17) is 4.74 Å². The van der Waals surface area contributed by atoms with Gasteiger partial charge in [0, 0.05) is 29.2 Å². The zero-order valence-corrected chi connectivity index (χ0v) is 15.8. The number of amides is 1. The molecule has 0 fully saturated rings. The average Bonchev–Trinajstić information content (AvgIpc) is 3.07. The molecule has 1 aliphatic heterocycles. The number of nitrogens with one attached hydrogen (secondary N) is 1. The van der Waals surface area contributed by atoms with Gasteiger partial charge in [-0.1, -0.05) is 6.07 Å². The fourth-order valence-electron chi connectivity index (χ4n) is 3.79. The lowest BCUT2D eigenvalue weighted by Crippen LogP contribution is -2.37. The van der Waals surface area contributed by atoms with E-state index in [2.05, 4.69) is 4.98 Å². The number of phenolic OH excluding ortho intramolecular Hbond substituents is 2. The molecule has 1 amide bonds. The van der Waals surface area contributed by atoms with Gasteiger partial charge in [-0.05, 0) is 60.9 Å². The predicted molar refractivity (Wildman–Crippen MR) is 107 cm³/mol. The molecule has 6 heteroatoms. The number of aromatic amines is 1. The molecule has 0 aliphatic carbocycles. The van der Waals surface area contributed by atoms with Crippen LogP contribution in [0, 0.1) is 0 Å². The van der Waals surface area contributed by atoms with Crippen LogP contribution in [0.2, 0.25) is 0 Å². The molecule has 1 unspecified atom stereocenters. The summed E-state index contributed by atoms with van der Waals surface area (Å²) in [5, 5.41) is 20.1. The van der Waals surface area contributed by atoms with E-state index in [1.54, 1.807) is 19.3 Å². The molecule has 2 heterocycles. The van der Waals surface area contributed by atoms with E-state index in [0.717, 1.165) is 28.8 Å². The number of phenols is 2. The Bertz CT molecular complexity index is 1080. The first-order chi connectivity index (χ1) is 13.5. The number of hydrogen-bond acceptors (Lipinski definition) is 4. The zero-order chi connectivity index (χ0) is 19.8. The van der Waals surface area contributed by atoms with E-state index in [9.17, 15) is 15.0 Å². The van der Waals surface area contributed by atoms with Crippen LogP contribution in [0.4, 0.5) is 0 Å². The molecule has 0 saturated carbocycles. The number of nitrogens with zero attached hydrogens (tertiary/aromatic N) is 1. The third-order valence-electron chi connectivity index (χ3n) is 5.34. The minimum atomic E-state index is -0.209. The number of aromatic hydroxyl groups is 2. The van der Waals surface area contributed by atoms with Crippen molar-refractivity contribution in [2.45, 2.75) is 19.4 Å². The highest BCUT2D eigenvalue weighted by Crippen LogP contribution is 2.36. The van der Waals surface area contributed by atoms with Crippen molar-refractivity contribution in [3.8, 4) is 17.2 Å². The fourth-order valence-corrected chi connectivity index (χ4v) is 3.79. The number of carbonyl (C=O) groups is 1. The second-order valence-electron chi connectivity index (χ2n) is 6.97. The van der Waals surface area contributed by atoms with Crippen molar-refractivity contribution < 1.29 is 19.7 Å². The standard InChI is InChI=1S/C22H22N2O4/c1-13-22-16(17-12-15(28-2)5-6-18(17)23-22)9-10-24(13)21(27)8-4-14-3-7-19(25)20(26)11-14/h3-8,11-13,23,25-26H,9-10H2,1-2H3/b8-4+. The molecule has 0 radical (unpaired) electrons. The van der Waals surface area contributed by atoms with Gasteiger partial charge in [0.1, 0.15) is 5.75 Å². The van der Waals surface area contributed by atoms with Crippen molar-refractivity contribution in [1.82, 2.24) is 9.88 Å². The third-order valence-corrected chi connectivity index (χ3v) is 5.34. The topological polar surface area (TPSA) is 85.8 Å². The van der Waals surface area contributed by atoms with Gasteiger partial charge >= 0.3 is 0 Å². The lowest BCUT2D eigenvalue weighted by molar-refractivity contribution is -0.128. The summed E-state index contributed by atoms with van der Waals surface area (Å²) in [6.07, 6.45) is 3.91. The minimum absolute atomic E-state index is 0.0764. The van der Waals surface area contributed by atoms with Crippen molar-refractivity contribution in [2.24, 2.45) is 0 Å². The SMILES string of the molecule is COc1ccc2[nH]c3c(c2c1)CCN(C(=O)/C=C/c1ccc(O)c(O)c1)C3C. The Morgan fingerprint density at radius 2 is 2.04 bits per heavy atom. The summed E-state index contributed by atoms with van der Waals surface area (Å²) in [6, 6.07) is 10.3. The summed E-state index contributed by atoms with van der Waals surface area (Å²) in [4.78, 5) is 18.0. The summed E-state index contributed by atoms with van der Waals surface area (Å²) in [6.45, 7) is 2.64. The van der Waals surface area contributed by atoms with Crippen molar-refractivity contribution >= 4 is 22.9 Å². The van der Waals surface area contributed by atoms with Gasteiger partial charge in [0.05, 0.1) is 13.2 Å². The molecule has 0 bridgehead atoms. The van der Waals surface area contributed by atoms with Crippen LogP contribution in [0.5, 0.6) is 17.2 Å². The van der Waals surface area contributed by atoms with Gasteiger partial charge in [0.25, 0.3) is 0 Å². The Kier molecular flexibility index (Phi) is 4.47. The molecule has 4 rings (SSSR count). The lowest BCUT2D eigenvalue weighted by atomic mass is 9.98. The quantitative estimate of drug-likeness (QED) is 0.479. The summed E-state index contributed by atoms with van der Waals surface area (Å²) < 4.78 is 5.34. The molecule has 1 atom stereocenters. The first-order valence-corrected chi connectivity index (χ1v) is 9.17.